The second-order valence-electron chi connectivity index (χ2n) is 2.25. The molecule has 11 heavy (non-hydrogen) atoms. The molecule has 0 saturated heterocycles. The van der Waals surface area contributed by atoms with Gasteiger partial charge in [0.2, 0.25) is 0 Å². The van der Waals surface area contributed by atoms with E-state index in [2.05, 4.69) is 4.98 Å². The molecule has 0 aromatic carbocycles. The summed E-state index contributed by atoms with van der Waals surface area (Å²) in [5.41, 5.74) is 6.49. The van der Waals surface area contributed by atoms with Crippen LogP contribution in [-0.2, 0) is 0 Å². The number of nitrogens with zero attached hydrogens (tertiary/aromatic N) is 1. The highest BCUT2D eigenvalue weighted by atomic mass is 35.5. The van der Waals surface area contributed by atoms with Crippen LogP contribution in [0.5, 0.6) is 0 Å². The molecule has 1 aromatic heterocycles. The number of halogens is 1. The molecule has 1 rings (SSSR count). The smallest absolute Gasteiger partial charge is 0.106 e. The molecule has 3 N–H and O–H groups in total. The van der Waals surface area contributed by atoms with Crippen LogP contribution in [0.3, 0.4) is 0 Å². The van der Waals surface area contributed by atoms with Crippen molar-refractivity contribution in [1.29, 1.82) is 5.26 Å². The molecule has 0 amide bonds. The number of nitriles is 1. The summed E-state index contributed by atoms with van der Waals surface area (Å²) < 4.78 is 0. The Morgan fingerprint density at radius 3 is 3.00 bits per heavy atom. The Bertz CT molecular complexity index is 273. The number of aromatic amines is 1. The standard InChI is InChI=1S/C7H8ClN3/c8-7-3-5(4-11-7)6(10)1-2-9/h3-4,6,11H,1,10H2. The lowest BCUT2D eigenvalue weighted by Gasteiger charge is -2.01. The Morgan fingerprint density at radius 2 is 2.55 bits per heavy atom. The Morgan fingerprint density at radius 1 is 1.82 bits per heavy atom. The van der Waals surface area contributed by atoms with Crippen LogP contribution in [-0.4, -0.2) is 4.98 Å². The minimum Gasteiger partial charge on any atom is -0.352 e. The zero-order valence-corrected chi connectivity index (χ0v) is 6.60. The quantitative estimate of drug-likeness (QED) is 0.706. The zero-order valence-electron chi connectivity index (χ0n) is 5.84. The van der Waals surface area contributed by atoms with E-state index in [0.717, 1.165) is 5.56 Å². The first kappa shape index (κ1) is 8.12. The molecule has 4 heteroatoms. The highest BCUT2D eigenvalue weighted by Gasteiger charge is 2.06. The van der Waals surface area contributed by atoms with Crippen molar-refractivity contribution >= 4 is 11.6 Å². The number of rotatable bonds is 2. The molecule has 58 valence electrons. The minimum absolute atomic E-state index is 0.233. The van der Waals surface area contributed by atoms with Gasteiger partial charge in [-0.15, -0.1) is 0 Å². The molecule has 0 aliphatic heterocycles. The maximum Gasteiger partial charge on any atom is 0.106 e. The predicted molar refractivity (Wildman–Crippen MR) is 43.0 cm³/mol. The summed E-state index contributed by atoms with van der Waals surface area (Å²) in [5, 5.41) is 8.88. The van der Waals surface area contributed by atoms with Crippen molar-refractivity contribution in [3.05, 3.63) is 23.0 Å². The van der Waals surface area contributed by atoms with E-state index in [4.69, 9.17) is 22.6 Å². The van der Waals surface area contributed by atoms with Gasteiger partial charge < -0.3 is 10.7 Å². The van der Waals surface area contributed by atoms with E-state index in [0.29, 0.717) is 11.6 Å². The van der Waals surface area contributed by atoms with Gasteiger partial charge in [-0.1, -0.05) is 11.6 Å². The number of nitrogens with two attached hydrogens (primary N) is 1. The number of nitrogens with one attached hydrogen (secondary N) is 1. The van der Waals surface area contributed by atoms with Crippen molar-refractivity contribution in [2.75, 3.05) is 0 Å². The fraction of sp³-hybridized carbons (Fsp3) is 0.286. The lowest BCUT2D eigenvalue weighted by molar-refractivity contribution is 0.750. The van der Waals surface area contributed by atoms with Crippen molar-refractivity contribution in [1.82, 2.24) is 4.98 Å². The highest BCUT2D eigenvalue weighted by Crippen LogP contribution is 2.16. The number of hydrogen-bond donors (Lipinski definition) is 2. The average Bonchev–Trinajstić information content (AvgIpc) is 2.36. The maximum atomic E-state index is 8.33. The summed E-state index contributed by atoms with van der Waals surface area (Å²) >= 11 is 5.61. The van der Waals surface area contributed by atoms with E-state index in [9.17, 15) is 0 Å². The third-order valence-corrected chi connectivity index (χ3v) is 1.63. The van der Waals surface area contributed by atoms with Crippen LogP contribution in [0.1, 0.15) is 18.0 Å². The van der Waals surface area contributed by atoms with Crippen LogP contribution in [0.2, 0.25) is 5.15 Å². The fourth-order valence-corrected chi connectivity index (χ4v) is 0.993. The lowest BCUT2D eigenvalue weighted by atomic mass is 10.1. The summed E-state index contributed by atoms with van der Waals surface area (Å²) in [4.78, 5) is 2.78. The van der Waals surface area contributed by atoms with Gasteiger partial charge in [-0.05, 0) is 11.6 Å². The highest BCUT2D eigenvalue weighted by molar-refractivity contribution is 6.29. The maximum absolute atomic E-state index is 8.33. The summed E-state index contributed by atoms with van der Waals surface area (Å²) in [6.07, 6.45) is 2.03. The van der Waals surface area contributed by atoms with Gasteiger partial charge in [0.05, 0.1) is 12.5 Å². The zero-order chi connectivity index (χ0) is 8.27. The minimum atomic E-state index is -0.233. The third kappa shape index (κ3) is 1.97. The van der Waals surface area contributed by atoms with Gasteiger partial charge >= 0.3 is 0 Å². The molecule has 0 aliphatic carbocycles. The van der Waals surface area contributed by atoms with Crippen molar-refractivity contribution in [3.8, 4) is 6.07 Å². The van der Waals surface area contributed by atoms with Crippen LogP contribution in [0.25, 0.3) is 0 Å². The summed E-state index contributed by atoms with van der Waals surface area (Å²) in [5.74, 6) is 0. The van der Waals surface area contributed by atoms with E-state index in [1.165, 1.54) is 0 Å². The first-order chi connectivity index (χ1) is 5.24. The predicted octanol–water partition coefficient (Wildman–Crippen LogP) is 1.58. The van der Waals surface area contributed by atoms with Gasteiger partial charge in [0.15, 0.2) is 0 Å². The molecule has 0 bridgehead atoms. The van der Waals surface area contributed by atoms with Crippen molar-refractivity contribution in [2.45, 2.75) is 12.5 Å². The van der Waals surface area contributed by atoms with E-state index in [-0.39, 0.29) is 6.04 Å². The van der Waals surface area contributed by atoms with E-state index >= 15 is 0 Å². The molecule has 3 nitrogen and oxygen atoms in total. The van der Waals surface area contributed by atoms with Crippen molar-refractivity contribution < 1.29 is 0 Å². The third-order valence-electron chi connectivity index (χ3n) is 1.41. The van der Waals surface area contributed by atoms with Gasteiger partial charge in [-0.3, -0.25) is 0 Å². The van der Waals surface area contributed by atoms with Crippen molar-refractivity contribution in [2.24, 2.45) is 5.73 Å². The molecule has 1 unspecified atom stereocenters. The van der Waals surface area contributed by atoms with Gasteiger partial charge in [0, 0.05) is 12.2 Å². The Kier molecular flexibility index (Phi) is 2.53. The normalized spacial score (nSPS) is 12.5. The van der Waals surface area contributed by atoms with Crippen LogP contribution in [0.15, 0.2) is 12.3 Å². The summed E-state index contributed by atoms with van der Waals surface area (Å²) in [6.45, 7) is 0. The number of aromatic nitrogens is 1. The molecule has 0 fully saturated rings. The first-order valence-electron chi connectivity index (χ1n) is 3.20. The molecular formula is C7H8ClN3. The topological polar surface area (TPSA) is 65.6 Å². The monoisotopic (exact) mass is 169 g/mol. The second-order valence-corrected chi connectivity index (χ2v) is 2.66. The van der Waals surface area contributed by atoms with Gasteiger partial charge in [0.1, 0.15) is 5.15 Å². The molecule has 1 heterocycles. The largest absolute Gasteiger partial charge is 0.352 e. The van der Waals surface area contributed by atoms with Crippen LogP contribution in [0.4, 0.5) is 0 Å². The summed E-state index contributed by atoms with van der Waals surface area (Å²) in [7, 11) is 0. The van der Waals surface area contributed by atoms with Crippen LogP contribution >= 0.6 is 11.6 Å². The van der Waals surface area contributed by atoms with E-state index in [1.807, 2.05) is 6.07 Å². The van der Waals surface area contributed by atoms with Gasteiger partial charge in [-0.2, -0.15) is 5.26 Å². The Hall–Kier alpha value is -0.980. The Balaban J connectivity index is 2.70. The van der Waals surface area contributed by atoms with Crippen LogP contribution < -0.4 is 5.73 Å². The van der Waals surface area contributed by atoms with Crippen LogP contribution in [0, 0.1) is 11.3 Å². The van der Waals surface area contributed by atoms with Crippen molar-refractivity contribution in [3.63, 3.8) is 0 Å². The SMILES string of the molecule is N#CCC(N)c1c[nH]c(Cl)c1. The Labute approximate surface area is 69.8 Å². The van der Waals surface area contributed by atoms with Gasteiger partial charge in [0.25, 0.3) is 0 Å². The molecule has 1 atom stereocenters. The average molecular weight is 170 g/mol. The molecule has 1 aromatic rings. The molecule has 0 radical (unpaired) electrons. The molecule has 0 spiro atoms. The number of hydrogen-bond acceptors (Lipinski definition) is 2. The first-order valence-corrected chi connectivity index (χ1v) is 3.58. The number of H-pyrrole nitrogens is 1. The van der Waals surface area contributed by atoms with E-state index < -0.39 is 0 Å². The molecule has 0 aliphatic rings. The molecule has 0 saturated carbocycles. The second kappa shape index (κ2) is 3.42. The van der Waals surface area contributed by atoms with Gasteiger partial charge in [-0.25, -0.2) is 0 Å². The fourth-order valence-electron chi connectivity index (χ4n) is 0.812. The lowest BCUT2D eigenvalue weighted by Crippen LogP contribution is -2.07. The summed E-state index contributed by atoms with van der Waals surface area (Å²) in [6, 6.07) is 3.49. The molecular weight excluding hydrogens is 162 g/mol. The van der Waals surface area contributed by atoms with E-state index in [1.54, 1.807) is 12.3 Å².